The first-order valence-corrected chi connectivity index (χ1v) is 13.4. The molecule has 0 atom stereocenters. The number of ether oxygens (including phenoxy) is 2. The number of carbonyl (C=O) groups excluding carboxylic acids is 2. The van der Waals surface area contributed by atoms with Crippen LogP contribution in [0.3, 0.4) is 0 Å². The van der Waals surface area contributed by atoms with Crippen LogP contribution in [-0.4, -0.2) is 29.3 Å². The number of benzene rings is 3. The van der Waals surface area contributed by atoms with Gasteiger partial charge in [0.15, 0.2) is 22.4 Å². The van der Waals surface area contributed by atoms with E-state index < -0.39 is 18.3 Å². The molecule has 0 aliphatic carbocycles. The number of para-hydroxylation sites is 1. The summed E-state index contributed by atoms with van der Waals surface area (Å²) in [5, 5.41) is 2.64. The van der Waals surface area contributed by atoms with Gasteiger partial charge in [-0.1, -0.05) is 66.8 Å². The average Bonchev–Trinajstić information content (AvgIpc) is 3.17. The van der Waals surface area contributed by atoms with Gasteiger partial charge in [0, 0.05) is 0 Å². The summed E-state index contributed by atoms with van der Waals surface area (Å²) in [5.74, 6) is -0.882. The van der Waals surface area contributed by atoms with Gasteiger partial charge in [-0.3, -0.25) is 14.5 Å². The normalized spacial score (nSPS) is 14.2. The number of thiocarbonyl (C=S) groups is 1. The van der Waals surface area contributed by atoms with Crippen LogP contribution in [0.5, 0.6) is 11.5 Å². The number of hydrogen-bond acceptors (Lipinski definition) is 6. The van der Waals surface area contributed by atoms with Gasteiger partial charge in [-0.15, -0.1) is 0 Å². The second-order valence-corrected chi connectivity index (χ2v) is 10.2. The maximum Gasteiger partial charge on any atom is 0.270 e. The minimum absolute atomic E-state index is 0.0474. The molecule has 0 radical (unpaired) electrons. The van der Waals surface area contributed by atoms with Crippen molar-refractivity contribution in [2.24, 2.45) is 0 Å². The number of nitrogens with zero attached hydrogens (tertiary/aromatic N) is 1. The zero-order chi connectivity index (χ0) is 27.2. The first-order valence-electron chi connectivity index (χ1n) is 11.8. The Kier molecular flexibility index (Phi) is 9.04. The minimum Gasteiger partial charge on any atom is -0.490 e. The zero-order valence-corrected chi connectivity index (χ0v) is 23.0. The van der Waals surface area contributed by atoms with E-state index in [-0.39, 0.29) is 22.4 Å². The first kappa shape index (κ1) is 27.6. The summed E-state index contributed by atoms with van der Waals surface area (Å²) in [7, 11) is 0. The molecule has 2 amide bonds. The number of aryl methyl sites for hydroxylation is 1. The second-order valence-electron chi connectivity index (χ2n) is 8.12. The number of anilines is 2. The number of thioether (sulfide) groups is 1. The Labute approximate surface area is 234 Å². The third-order valence-electron chi connectivity index (χ3n) is 5.52. The molecule has 1 N–H and O–H groups in total. The van der Waals surface area contributed by atoms with Crippen molar-refractivity contribution in [2.75, 3.05) is 23.4 Å². The third kappa shape index (κ3) is 6.35. The number of amides is 2. The van der Waals surface area contributed by atoms with Crippen LogP contribution in [0.15, 0.2) is 65.6 Å². The van der Waals surface area contributed by atoms with E-state index in [1.165, 1.54) is 40.4 Å². The van der Waals surface area contributed by atoms with Crippen LogP contribution in [0.4, 0.5) is 15.8 Å². The van der Waals surface area contributed by atoms with Crippen molar-refractivity contribution < 1.29 is 23.5 Å². The molecule has 1 fully saturated rings. The van der Waals surface area contributed by atoms with Gasteiger partial charge in [-0.2, -0.15) is 0 Å². The fourth-order valence-electron chi connectivity index (χ4n) is 3.68. The molecule has 10 heteroatoms. The van der Waals surface area contributed by atoms with E-state index in [1.54, 1.807) is 31.2 Å². The SMILES string of the molecule is CCOc1cc(/C=C2\SC(=S)N(c3ccc(CC)cc3)C2=O)cc(Cl)c1OCC(=O)Nc1ccccc1F. The van der Waals surface area contributed by atoms with Crippen LogP contribution in [0.25, 0.3) is 6.08 Å². The van der Waals surface area contributed by atoms with Crippen LogP contribution in [0.1, 0.15) is 25.0 Å². The highest BCUT2D eigenvalue weighted by Gasteiger charge is 2.33. The standard InChI is InChI=1S/C28H24ClFN2O4S2/c1-3-17-9-11-19(12-10-17)32-27(34)24(38-28(32)37)15-18-13-20(29)26(23(14-18)35-4-2)36-16-25(33)31-22-8-6-5-7-21(22)30/h5-15H,3-4,16H2,1-2H3,(H,31,33)/b24-15-. The predicted octanol–water partition coefficient (Wildman–Crippen LogP) is 6.86. The molecule has 0 unspecified atom stereocenters. The molecule has 1 heterocycles. The van der Waals surface area contributed by atoms with Gasteiger partial charge in [0.25, 0.3) is 11.8 Å². The van der Waals surface area contributed by atoms with Crippen LogP contribution in [0, 0.1) is 5.82 Å². The van der Waals surface area contributed by atoms with Gasteiger partial charge in [-0.05, 0) is 66.9 Å². The number of carbonyl (C=O) groups is 2. The van der Waals surface area contributed by atoms with Crippen LogP contribution < -0.4 is 19.7 Å². The summed E-state index contributed by atoms with van der Waals surface area (Å²) in [5.41, 5.74) is 2.52. The van der Waals surface area contributed by atoms with Crippen LogP contribution >= 0.6 is 35.6 Å². The van der Waals surface area contributed by atoms with E-state index >= 15 is 0 Å². The van der Waals surface area contributed by atoms with Crippen molar-refractivity contribution in [3.8, 4) is 11.5 Å². The van der Waals surface area contributed by atoms with Crippen LogP contribution in [0.2, 0.25) is 5.02 Å². The molecule has 0 aromatic heterocycles. The van der Waals surface area contributed by atoms with Gasteiger partial charge in [-0.25, -0.2) is 4.39 Å². The highest BCUT2D eigenvalue weighted by Crippen LogP contribution is 2.40. The van der Waals surface area contributed by atoms with Crippen molar-refractivity contribution in [3.63, 3.8) is 0 Å². The lowest BCUT2D eigenvalue weighted by molar-refractivity contribution is -0.118. The van der Waals surface area contributed by atoms with E-state index in [1.807, 2.05) is 24.3 Å². The van der Waals surface area contributed by atoms with E-state index in [4.69, 9.17) is 33.3 Å². The minimum atomic E-state index is -0.562. The maximum absolute atomic E-state index is 13.8. The monoisotopic (exact) mass is 570 g/mol. The summed E-state index contributed by atoms with van der Waals surface area (Å²) in [6.45, 7) is 3.76. The van der Waals surface area contributed by atoms with E-state index in [0.29, 0.717) is 32.8 Å². The van der Waals surface area contributed by atoms with Gasteiger partial charge in [0.05, 0.1) is 27.9 Å². The topological polar surface area (TPSA) is 67.9 Å². The molecule has 1 aliphatic rings. The molecule has 0 spiro atoms. The van der Waals surface area contributed by atoms with Gasteiger partial charge in [0.1, 0.15) is 5.82 Å². The quantitative estimate of drug-likeness (QED) is 0.224. The van der Waals surface area contributed by atoms with Crippen LogP contribution in [-0.2, 0) is 16.0 Å². The molecule has 3 aromatic rings. The van der Waals surface area contributed by atoms with E-state index in [2.05, 4.69) is 12.2 Å². The molecule has 0 bridgehead atoms. The Morgan fingerprint density at radius 3 is 2.55 bits per heavy atom. The lowest BCUT2D eigenvalue weighted by atomic mass is 10.1. The molecule has 4 rings (SSSR count). The van der Waals surface area contributed by atoms with Crippen molar-refractivity contribution in [1.29, 1.82) is 0 Å². The Morgan fingerprint density at radius 1 is 1.13 bits per heavy atom. The maximum atomic E-state index is 13.8. The molecular weight excluding hydrogens is 547 g/mol. The Balaban J connectivity index is 1.52. The third-order valence-corrected chi connectivity index (χ3v) is 7.10. The Morgan fingerprint density at radius 2 is 1.87 bits per heavy atom. The molecule has 3 aromatic carbocycles. The number of halogens is 2. The lowest BCUT2D eigenvalue weighted by Gasteiger charge is -2.15. The Hall–Kier alpha value is -3.40. The molecule has 196 valence electrons. The first-order chi connectivity index (χ1) is 18.3. The molecule has 6 nitrogen and oxygen atoms in total. The fraction of sp³-hybridized carbons (Fsp3) is 0.179. The van der Waals surface area contributed by atoms with Gasteiger partial charge >= 0.3 is 0 Å². The van der Waals surface area contributed by atoms with Crippen molar-refractivity contribution >= 4 is 69.2 Å². The summed E-state index contributed by atoms with van der Waals surface area (Å²) in [6.07, 6.45) is 2.58. The summed E-state index contributed by atoms with van der Waals surface area (Å²) >= 11 is 13.2. The Bertz CT molecular complexity index is 1410. The summed E-state index contributed by atoms with van der Waals surface area (Å²) in [6, 6.07) is 16.8. The predicted molar refractivity (Wildman–Crippen MR) is 155 cm³/mol. The number of nitrogens with one attached hydrogen (secondary N) is 1. The molecule has 1 aliphatic heterocycles. The summed E-state index contributed by atoms with van der Waals surface area (Å²) in [4.78, 5) is 27.4. The average molecular weight is 571 g/mol. The van der Waals surface area contributed by atoms with Crippen molar-refractivity contribution in [1.82, 2.24) is 0 Å². The lowest BCUT2D eigenvalue weighted by Crippen LogP contribution is -2.27. The zero-order valence-electron chi connectivity index (χ0n) is 20.6. The largest absolute Gasteiger partial charge is 0.490 e. The fourth-order valence-corrected chi connectivity index (χ4v) is 5.26. The van der Waals surface area contributed by atoms with E-state index in [0.717, 1.165) is 6.42 Å². The molecule has 0 saturated carbocycles. The smallest absolute Gasteiger partial charge is 0.270 e. The van der Waals surface area contributed by atoms with Crippen molar-refractivity contribution in [3.05, 3.63) is 87.5 Å². The highest BCUT2D eigenvalue weighted by atomic mass is 35.5. The second kappa shape index (κ2) is 12.4. The molecule has 1 saturated heterocycles. The highest BCUT2D eigenvalue weighted by molar-refractivity contribution is 8.27. The summed E-state index contributed by atoms with van der Waals surface area (Å²) < 4.78 is 25.6. The molecule has 38 heavy (non-hydrogen) atoms. The van der Waals surface area contributed by atoms with Gasteiger partial charge < -0.3 is 14.8 Å². The van der Waals surface area contributed by atoms with E-state index in [9.17, 15) is 14.0 Å². The molecular formula is C28H24ClFN2O4S2. The number of rotatable bonds is 9. The van der Waals surface area contributed by atoms with Gasteiger partial charge in [0.2, 0.25) is 0 Å². The van der Waals surface area contributed by atoms with Crippen molar-refractivity contribution in [2.45, 2.75) is 20.3 Å². The number of hydrogen-bond donors (Lipinski definition) is 1.